The Morgan fingerprint density at radius 1 is 1.25 bits per heavy atom. The fourth-order valence-electron chi connectivity index (χ4n) is 0.989. The van der Waals surface area contributed by atoms with Gasteiger partial charge in [-0.2, -0.15) is 0 Å². The van der Waals surface area contributed by atoms with Crippen molar-refractivity contribution in [1.29, 1.82) is 0 Å². The predicted molar refractivity (Wildman–Crippen MR) is 53.2 cm³/mol. The summed E-state index contributed by atoms with van der Waals surface area (Å²) in [6.07, 6.45) is 6.48. The highest BCUT2D eigenvalue weighted by atomic mass is 16.5. The quantitative estimate of drug-likeness (QED) is 0.424. The van der Waals surface area contributed by atoms with Gasteiger partial charge < -0.3 is 10.1 Å². The van der Waals surface area contributed by atoms with Crippen LogP contribution >= 0.6 is 0 Å². The van der Waals surface area contributed by atoms with E-state index >= 15 is 0 Å². The van der Waals surface area contributed by atoms with E-state index in [9.17, 15) is 0 Å². The summed E-state index contributed by atoms with van der Waals surface area (Å²) in [7, 11) is 0. The van der Waals surface area contributed by atoms with Crippen LogP contribution in [0.25, 0.3) is 0 Å². The highest BCUT2D eigenvalue weighted by Crippen LogP contribution is 1.91. The molecule has 12 heavy (non-hydrogen) atoms. The van der Waals surface area contributed by atoms with Gasteiger partial charge in [-0.05, 0) is 25.9 Å². The summed E-state index contributed by atoms with van der Waals surface area (Å²) >= 11 is 0. The molecule has 0 unspecified atom stereocenters. The van der Waals surface area contributed by atoms with Crippen molar-refractivity contribution >= 4 is 0 Å². The molecule has 0 radical (unpaired) electrons. The van der Waals surface area contributed by atoms with Crippen molar-refractivity contribution in [1.82, 2.24) is 5.32 Å². The molecular formula is C10H21NO. The maximum Gasteiger partial charge on any atom is 0.0885 e. The number of unbranched alkanes of at least 4 members (excludes halogenated alkanes) is 2. The highest BCUT2D eigenvalue weighted by Gasteiger charge is 1.87. The van der Waals surface area contributed by atoms with Crippen molar-refractivity contribution in [3.63, 3.8) is 0 Å². The molecule has 0 aromatic rings. The molecule has 72 valence electrons. The van der Waals surface area contributed by atoms with E-state index in [1.54, 1.807) is 0 Å². The first kappa shape index (κ1) is 11.5. The Morgan fingerprint density at radius 3 is 2.67 bits per heavy atom. The first-order chi connectivity index (χ1) is 5.91. The first-order valence-electron chi connectivity index (χ1n) is 4.85. The minimum Gasteiger partial charge on any atom is -0.502 e. The molecule has 2 heteroatoms. The zero-order chi connectivity index (χ0) is 9.07. The Hall–Kier alpha value is -0.500. The lowest BCUT2D eigenvalue weighted by Gasteiger charge is -2.03. The molecule has 0 atom stereocenters. The number of ether oxygens (including phenoxy) is 1. The predicted octanol–water partition coefficient (Wildman–Crippen LogP) is 2.32. The summed E-state index contributed by atoms with van der Waals surface area (Å²) < 4.78 is 4.99. The molecule has 0 saturated carbocycles. The SMILES string of the molecule is C=COCCCNCCCCC. The molecule has 0 bridgehead atoms. The smallest absolute Gasteiger partial charge is 0.0885 e. The molecule has 0 aliphatic rings. The third-order valence-corrected chi connectivity index (χ3v) is 1.69. The summed E-state index contributed by atoms with van der Waals surface area (Å²) in [5, 5.41) is 3.36. The lowest BCUT2D eigenvalue weighted by molar-refractivity contribution is 0.244. The van der Waals surface area contributed by atoms with Crippen LogP contribution in [0.1, 0.15) is 32.6 Å². The normalized spacial score (nSPS) is 9.75. The van der Waals surface area contributed by atoms with Crippen molar-refractivity contribution in [2.45, 2.75) is 32.6 Å². The van der Waals surface area contributed by atoms with Crippen molar-refractivity contribution < 1.29 is 4.74 Å². The van der Waals surface area contributed by atoms with Crippen LogP contribution in [-0.4, -0.2) is 19.7 Å². The minimum absolute atomic E-state index is 0.782. The summed E-state index contributed by atoms with van der Waals surface area (Å²) in [5.41, 5.74) is 0. The fourth-order valence-corrected chi connectivity index (χ4v) is 0.989. The van der Waals surface area contributed by atoms with Crippen LogP contribution in [0.15, 0.2) is 12.8 Å². The Morgan fingerprint density at radius 2 is 2.00 bits per heavy atom. The van der Waals surface area contributed by atoms with Crippen molar-refractivity contribution in [2.24, 2.45) is 0 Å². The Bertz CT molecular complexity index is 93.8. The summed E-state index contributed by atoms with van der Waals surface area (Å²) in [6, 6.07) is 0. The molecule has 0 spiro atoms. The number of nitrogens with one attached hydrogen (secondary N) is 1. The van der Waals surface area contributed by atoms with Gasteiger partial charge in [0.05, 0.1) is 12.9 Å². The van der Waals surface area contributed by atoms with Gasteiger partial charge >= 0.3 is 0 Å². The van der Waals surface area contributed by atoms with Crippen LogP contribution < -0.4 is 5.32 Å². The fraction of sp³-hybridized carbons (Fsp3) is 0.800. The van der Waals surface area contributed by atoms with Crippen LogP contribution in [0.2, 0.25) is 0 Å². The largest absolute Gasteiger partial charge is 0.502 e. The van der Waals surface area contributed by atoms with E-state index < -0.39 is 0 Å². The second-order valence-electron chi connectivity index (χ2n) is 2.85. The number of hydrogen-bond donors (Lipinski definition) is 1. The molecule has 0 heterocycles. The lowest BCUT2D eigenvalue weighted by Crippen LogP contribution is -2.17. The Labute approximate surface area is 76.0 Å². The molecule has 1 N–H and O–H groups in total. The Balaban J connectivity index is 2.77. The summed E-state index contributed by atoms with van der Waals surface area (Å²) in [5.74, 6) is 0. The van der Waals surface area contributed by atoms with E-state index in [1.165, 1.54) is 25.5 Å². The standard InChI is InChI=1S/C10H21NO/c1-3-5-6-8-11-9-7-10-12-4-2/h4,11H,2-3,5-10H2,1H3. The Kier molecular flexibility index (Phi) is 10.1. The average molecular weight is 171 g/mol. The lowest BCUT2D eigenvalue weighted by atomic mass is 10.2. The average Bonchev–Trinajstić information content (AvgIpc) is 2.10. The van der Waals surface area contributed by atoms with Gasteiger partial charge in [-0.15, -0.1) is 0 Å². The third-order valence-electron chi connectivity index (χ3n) is 1.69. The molecule has 0 aromatic heterocycles. The first-order valence-corrected chi connectivity index (χ1v) is 4.85. The maximum atomic E-state index is 4.99. The molecule has 0 aromatic carbocycles. The van der Waals surface area contributed by atoms with Gasteiger partial charge in [0.15, 0.2) is 0 Å². The maximum absolute atomic E-state index is 4.99. The second kappa shape index (κ2) is 10.5. The number of hydrogen-bond acceptors (Lipinski definition) is 2. The molecule has 0 rings (SSSR count). The van der Waals surface area contributed by atoms with Crippen LogP contribution in [-0.2, 0) is 4.74 Å². The summed E-state index contributed by atoms with van der Waals surface area (Å²) in [4.78, 5) is 0. The van der Waals surface area contributed by atoms with Crippen LogP contribution in [0.3, 0.4) is 0 Å². The molecule has 0 aliphatic heterocycles. The number of rotatable bonds is 9. The van der Waals surface area contributed by atoms with E-state index in [1.807, 2.05) is 0 Å². The van der Waals surface area contributed by atoms with E-state index in [0.29, 0.717) is 0 Å². The van der Waals surface area contributed by atoms with Gasteiger partial charge in [0, 0.05) is 0 Å². The van der Waals surface area contributed by atoms with Gasteiger partial charge in [-0.25, -0.2) is 0 Å². The van der Waals surface area contributed by atoms with Crippen LogP contribution in [0, 0.1) is 0 Å². The van der Waals surface area contributed by atoms with Gasteiger partial charge in [0.1, 0.15) is 0 Å². The van der Waals surface area contributed by atoms with Gasteiger partial charge in [0.2, 0.25) is 0 Å². The van der Waals surface area contributed by atoms with Gasteiger partial charge in [0.25, 0.3) is 0 Å². The van der Waals surface area contributed by atoms with E-state index in [0.717, 1.165) is 26.1 Å². The van der Waals surface area contributed by atoms with E-state index in [2.05, 4.69) is 18.8 Å². The topological polar surface area (TPSA) is 21.3 Å². The molecular weight excluding hydrogens is 150 g/mol. The van der Waals surface area contributed by atoms with Crippen LogP contribution in [0.5, 0.6) is 0 Å². The molecule has 0 aliphatic carbocycles. The van der Waals surface area contributed by atoms with Crippen LogP contribution in [0.4, 0.5) is 0 Å². The summed E-state index contributed by atoms with van der Waals surface area (Å²) in [6.45, 7) is 8.67. The molecule has 2 nitrogen and oxygen atoms in total. The van der Waals surface area contributed by atoms with Gasteiger partial charge in [-0.3, -0.25) is 0 Å². The zero-order valence-corrected chi connectivity index (χ0v) is 8.14. The second-order valence-corrected chi connectivity index (χ2v) is 2.85. The van der Waals surface area contributed by atoms with Crippen molar-refractivity contribution in [3.05, 3.63) is 12.8 Å². The van der Waals surface area contributed by atoms with E-state index in [-0.39, 0.29) is 0 Å². The zero-order valence-electron chi connectivity index (χ0n) is 8.14. The minimum atomic E-state index is 0.782. The highest BCUT2D eigenvalue weighted by molar-refractivity contribution is 4.51. The monoisotopic (exact) mass is 171 g/mol. The van der Waals surface area contributed by atoms with Crippen molar-refractivity contribution in [3.8, 4) is 0 Å². The van der Waals surface area contributed by atoms with E-state index in [4.69, 9.17) is 4.74 Å². The molecule has 0 fully saturated rings. The van der Waals surface area contributed by atoms with Crippen molar-refractivity contribution in [2.75, 3.05) is 19.7 Å². The molecule has 0 amide bonds. The van der Waals surface area contributed by atoms with Gasteiger partial charge in [-0.1, -0.05) is 26.3 Å². The third kappa shape index (κ3) is 9.50. The molecule has 0 saturated heterocycles.